The number of nitrogens with zero attached hydrogens (tertiary/aromatic N) is 2. The number of hydrogen-bond acceptors (Lipinski definition) is 4. The molecular formula is C27H27N3O4. The normalized spacial score (nSPS) is 22.8. The number of hydrogen-bond donors (Lipinski definition) is 1. The quantitative estimate of drug-likeness (QED) is 0.563. The first-order valence-electron chi connectivity index (χ1n) is 11.8. The van der Waals surface area contributed by atoms with Crippen molar-refractivity contribution in [3.63, 3.8) is 0 Å². The molecule has 3 amide bonds. The van der Waals surface area contributed by atoms with Crippen LogP contribution in [0, 0.1) is 17.8 Å². The Labute approximate surface area is 198 Å². The summed E-state index contributed by atoms with van der Waals surface area (Å²) in [5.74, 6) is -1.13. The number of piperidine rings is 1. The standard InChI is InChI=1S/C27H27N3O4/c31-24(18-7-2-1-3-8-18)19-13-15-29(16-14-19)26(33)20-9-6-10-21(17-20)30-27(34)23-12-5-4-11-22(23)25(32)28-30/h1-10,17,19,22-23H,11-16H2,(H,28,32). The van der Waals surface area contributed by atoms with Crippen LogP contribution in [-0.2, 0) is 9.59 Å². The lowest BCUT2D eigenvalue weighted by Gasteiger charge is -2.38. The molecular weight excluding hydrogens is 430 g/mol. The second-order valence-corrected chi connectivity index (χ2v) is 9.15. The zero-order valence-electron chi connectivity index (χ0n) is 18.9. The minimum atomic E-state index is -0.376. The fraction of sp³-hybridized carbons (Fsp3) is 0.333. The number of amides is 3. The highest BCUT2D eigenvalue weighted by atomic mass is 16.2. The zero-order chi connectivity index (χ0) is 23.7. The Kier molecular flexibility index (Phi) is 6.01. The minimum absolute atomic E-state index is 0.0866. The van der Waals surface area contributed by atoms with E-state index >= 15 is 0 Å². The van der Waals surface area contributed by atoms with E-state index in [-0.39, 0.29) is 41.3 Å². The fourth-order valence-electron chi connectivity index (χ4n) is 5.13. The average molecular weight is 458 g/mol. The fourth-order valence-corrected chi connectivity index (χ4v) is 5.13. The van der Waals surface area contributed by atoms with Crippen LogP contribution >= 0.6 is 0 Å². The molecule has 0 aromatic heterocycles. The van der Waals surface area contributed by atoms with E-state index < -0.39 is 0 Å². The van der Waals surface area contributed by atoms with Crippen LogP contribution in [-0.4, -0.2) is 41.5 Å². The van der Waals surface area contributed by atoms with E-state index in [4.69, 9.17) is 0 Å². The Bertz CT molecular complexity index is 1150. The Hall–Kier alpha value is -3.74. The molecule has 7 nitrogen and oxygen atoms in total. The van der Waals surface area contributed by atoms with Crippen molar-refractivity contribution in [3.8, 4) is 0 Å². The summed E-state index contributed by atoms with van der Waals surface area (Å²) in [6, 6.07) is 16.1. The van der Waals surface area contributed by atoms with Crippen LogP contribution in [0.3, 0.4) is 0 Å². The van der Waals surface area contributed by atoms with Gasteiger partial charge in [0, 0.05) is 30.1 Å². The molecule has 0 saturated carbocycles. The first-order valence-corrected chi connectivity index (χ1v) is 11.8. The largest absolute Gasteiger partial charge is 0.339 e. The summed E-state index contributed by atoms with van der Waals surface area (Å²) in [5.41, 5.74) is 4.36. The Balaban J connectivity index is 1.26. The van der Waals surface area contributed by atoms with E-state index in [1.54, 1.807) is 29.2 Å². The van der Waals surface area contributed by atoms with Crippen molar-refractivity contribution in [2.75, 3.05) is 18.1 Å². The molecule has 1 N–H and O–H groups in total. The van der Waals surface area contributed by atoms with Gasteiger partial charge in [0.1, 0.15) is 0 Å². The molecule has 1 aliphatic carbocycles. The second-order valence-electron chi connectivity index (χ2n) is 9.15. The first-order chi connectivity index (χ1) is 16.5. The van der Waals surface area contributed by atoms with Crippen LogP contribution in [0.2, 0.25) is 0 Å². The monoisotopic (exact) mass is 457 g/mol. The first kappa shape index (κ1) is 22.1. The van der Waals surface area contributed by atoms with Gasteiger partial charge in [0.25, 0.3) is 5.91 Å². The highest BCUT2D eigenvalue weighted by Crippen LogP contribution is 2.32. The molecule has 34 heavy (non-hydrogen) atoms. The van der Waals surface area contributed by atoms with E-state index in [1.165, 1.54) is 5.01 Å². The van der Waals surface area contributed by atoms with E-state index in [0.717, 1.165) is 0 Å². The van der Waals surface area contributed by atoms with E-state index in [0.29, 0.717) is 55.6 Å². The van der Waals surface area contributed by atoms with Crippen LogP contribution in [0.15, 0.2) is 66.7 Å². The van der Waals surface area contributed by atoms with Crippen LogP contribution in [0.1, 0.15) is 46.4 Å². The molecule has 2 aliphatic heterocycles. The third kappa shape index (κ3) is 4.14. The lowest BCUT2D eigenvalue weighted by molar-refractivity contribution is -0.139. The molecule has 0 bridgehead atoms. The number of carbonyl (C=O) groups excluding carboxylic acids is 4. The van der Waals surface area contributed by atoms with Crippen molar-refractivity contribution >= 4 is 29.2 Å². The van der Waals surface area contributed by atoms with Crippen LogP contribution in [0.25, 0.3) is 0 Å². The predicted octanol–water partition coefficient (Wildman–Crippen LogP) is 3.38. The maximum absolute atomic E-state index is 13.2. The molecule has 5 rings (SSSR count). The van der Waals surface area contributed by atoms with Gasteiger partial charge < -0.3 is 4.90 Å². The zero-order valence-corrected chi connectivity index (χ0v) is 18.9. The molecule has 3 aliphatic rings. The number of rotatable bonds is 4. The average Bonchev–Trinajstić information content (AvgIpc) is 2.90. The molecule has 2 aromatic rings. The molecule has 0 spiro atoms. The van der Waals surface area contributed by atoms with Crippen molar-refractivity contribution in [1.29, 1.82) is 0 Å². The topological polar surface area (TPSA) is 86.8 Å². The number of allylic oxidation sites excluding steroid dienone is 2. The number of likely N-dealkylation sites (tertiary alicyclic amines) is 1. The van der Waals surface area contributed by atoms with Gasteiger partial charge in [-0.1, -0.05) is 48.6 Å². The van der Waals surface area contributed by atoms with Gasteiger partial charge in [-0.2, -0.15) is 0 Å². The van der Waals surface area contributed by atoms with Gasteiger partial charge in [0.2, 0.25) is 11.8 Å². The number of ketones is 1. The van der Waals surface area contributed by atoms with Gasteiger partial charge in [0.05, 0.1) is 17.5 Å². The van der Waals surface area contributed by atoms with Crippen molar-refractivity contribution in [2.45, 2.75) is 25.7 Å². The molecule has 2 fully saturated rings. The molecule has 2 unspecified atom stereocenters. The van der Waals surface area contributed by atoms with Crippen molar-refractivity contribution < 1.29 is 19.2 Å². The van der Waals surface area contributed by atoms with E-state index in [1.807, 2.05) is 42.5 Å². The van der Waals surface area contributed by atoms with Crippen molar-refractivity contribution in [1.82, 2.24) is 10.3 Å². The number of hydrazine groups is 1. The summed E-state index contributed by atoms with van der Waals surface area (Å²) in [6.07, 6.45) is 6.24. The predicted molar refractivity (Wildman–Crippen MR) is 127 cm³/mol. The third-order valence-electron chi connectivity index (χ3n) is 7.09. The van der Waals surface area contributed by atoms with Crippen LogP contribution in [0.4, 0.5) is 5.69 Å². The molecule has 2 heterocycles. The van der Waals surface area contributed by atoms with E-state index in [2.05, 4.69) is 5.43 Å². The maximum atomic E-state index is 13.2. The number of fused-ring (bicyclic) bond motifs is 1. The smallest absolute Gasteiger partial charge is 0.253 e. The number of anilines is 1. The summed E-state index contributed by atoms with van der Waals surface area (Å²) < 4.78 is 0. The number of Topliss-reactive ketones (excluding diaryl/α,β-unsaturated/α-hetero) is 1. The van der Waals surface area contributed by atoms with Gasteiger partial charge in [-0.25, -0.2) is 5.01 Å². The molecule has 2 atom stereocenters. The number of carbonyl (C=O) groups is 4. The highest BCUT2D eigenvalue weighted by molar-refractivity contribution is 6.05. The van der Waals surface area contributed by atoms with Crippen LogP contribution < -0.4 is 10.4 Å². The number of nitrogens with one attached hydrogen (secondary N) is 1. The Morgan fingerprint density at radius 2 is 1.50 bits per heavy atom. The summed E-state index contributed by atoms with van der Waals surface area (Å²) in [4.78, 5) is 53.3. The Morgan fingerprint density at radius 3 is 2.24 bits per heavy atom. The summed E-state index contributed by atoms with van der Waals surface area (Å²) in [5, 5.41) is 1.28. The van der Waals surface area contributed by atoms with Crippen molar-refractivity contribution in [2.24, 2.45) is 17.8 Å². The van der Waals surface area contributed by atoms with Crippen molar-refractivity contribution in [3.05, 3.63) is 77.9 Å². The summed E-state index contributed by atoms with van der Waals surface area (Å²) in [7, 11) is 0. The molecule has 0 radical (unpaired) electrons. The maximum Gasteiger partial charge on any atom is 0.253 e. The van der Waals surface area contributed by atoms with E-state index in [9.17, 15) is 19.2 Å². The van der Waals surface area contributed by atoms with Crippen LogP contribution in [0.5, 0.6) is 0 Å². The van der Waals surface area contributed by atoms with Gasteiger partial charge in [0.15, 0.2) is 5.78 Å². The molecule has 2 aromatic carbocycles. The molecule has 2 saturated heterocycles. The van der Waals surface area contributed by atoms with Gasteiger partial charge >= 0.3 is 0 Å². The number of benzene rings is 2. The summed E-state index contributed by atoms with van der Waals surface area (Å²) in [6.45, 7) is 1.00. The minimum Gasteiger partial charge on any atom is -0.339 e. The van der Waals surface area contributed by atoms with Gasteiger partial charge in [-0.05, 0) is 43.9 Å². The highest BCUT2D eigenvalue weighted by Gasteiger charge is 2.42. The molecule has 174 valence electrons. The Morgan fingerprint density at radius 1 is 0.824 bits per heavy atom. The van der Waals surface area contributed by atoms with Gasteiger partial charge in [-0.15, -0.1) is 0 Å². The summed E-state index contributed by atoms with van der Waals surface area (Å²) >= 11 is 0. The third-order valence-corrected chi connectivity index (χ3v) is 7.09. The second kappa shape index (κ2) is 9.25. The molecule has 7 heteroatoms. The lowest BCUT2D eigenvalue weighted by atomic mass is 9.80. The lowest BCUT2D eigenvalue weighted by Crippen LogP contribution is -2.59. The van der Waals surface area contributed by atoms with Gasteiger partial charge in [-0.3, -0.25) is 24.6 Å². The SMILES string of the molecule is O=C(c1ccccc1)C1CCN(C(=O)c2cccc(N3NC(=O)C4CC=CCC4C3=O)c2)CC1.